The van der Waals surface area contributed by atoms with E-state index in [1.165, 1.54) is 24.3 Å². The minimum atomic E-state index is -4.32. The molecular weight excluding hydrogens is 396 g/mol. The Bertz CT molecular complexity index is 759. The van der Waals surface area contributed by atoms with Gasteiger partial charge in [0.25, 0.3) is 0 Å². The average molecular weight is 424 g/mol. The molecule has 0 spiro atoms. The van der Waals surface area contributed by atoms with Gasteiger partial charge in [0.15, 0.2) is 0 Å². The van der Waals surface area contributed by atoms with E-state index in [-0.39, 0.29) is 23.8 Å². The molecule has 0 fully saturated rings. The minimum absolute atomic E-state index is 0.0383. The van der Waals surface area contributed by atoms with Gasteiger partial charge in [-0.2, -0.15) is 13.2 Å². The highest BCUT2D eigenvalue weighted by Gasteiger charge is 2.30. The molecule has 0 heterocycles. The van der Waals surface area contributed by atoms with Crippen molar-refractivity contribution in [3.63, 3.8) is 0 Å². The Morgan fingerprint density at radius 3 is 2.10 bits per heavy atom. The minimum Gasteiger partial charge on any atom is -0.463 e. The van der Waals surface area contributed by atoms with E-state index in [4.69, 9.17) is 4.74 Å². The molecule has 0 aliphatic carbocycles. The predicted octanol–water partition coefficient (Wildman–Crippen LogP) is 6.92. The van der Waals surface area contributed by atoms with E-state index >= 15 is 0 Å². The summed E-state index contributed by atoms with van der Waals surface area (Å²) in [6, 6.07) is 11.5. The summed E-state index contributed by atoms with van der Waals surface area (Å²) in [7, 11) is 0. The fourth-order valence-electron chi connectivity index (χ4n) is 2.71. The Balaban J connectivity index is 0.000000467. The molecule has 0 saturated heterocycles. The molecule has 6 heteroatoms. The third kappa shape index (κ3) is 9.72. The topological polar surface area (TPSA) is 26.3 Å². The van der Waals surface area contributed by atoms with Crippen molar-refractivity contribution in [1.29, 1.82) is 0 Å². The van der Waals surface area contributed by atoms with Gasteiger partial charge in [0.05, 0.1) is 11.7 Å². The molecule has 30 heavy (non-hydrogen) atoms. The molecule has 0 aliphatic heterocycles. The van der Waals surface area contributed by atoms with Crippen molar-refractivity contribution in [2.75, 3.05) is 0 Å². The molecule has 1 unspecified atom stereocenters. The Labute approximate surface area is 175 Å². The number of rotatable bonds is 7. The molecule has 164 valence electrons. The second kappa shape index (κ2) is 12.2. The SMILES string of the molecule is C=C[C@H](Cc1ccc(C(F)(F)F)cc1)CC(C)OC(=O)CC.Cc1ccc(F)cc1. The van der Waals surface area contributed by atoms with Gasteiger partial charge >= 0.3 is 12.1 Å². The maximum absolute atomic E-state index is 12.5. The maximum Gasteiger partial charge on any atom is 0.416 e. The Morgan fingerprint density at radius 1 is 1.10 bits per heavy atom. The van der Waals surface area contributed by atoms with Crippen LogP contribution in [0.15, 0.2) is 61.2 Å². The Kier molecular flexibility index (Phi) is 10.3. The summed E-state index contributed by atoms with van der Waals surface area (Å²) < 4.78 is 54.8. The first-order valence-electron chi connectivity index (χ1n) is 9.75. The van der Waals surface area contributed by atoms with Crippen molar-refractivity contribution < 1.29 is 27.1 Å². The number of hydrogen-bond donors (Lipinski definition) is 0. The van der Waals surface area contributed by atoms with Crippen molar-refractivity contribution in [2.45, 2.75) is 52.3 Å². The van der Waals surface area contributed by atoms with Crippen LogP contribution in [0.5, 0.6) is 0 Å². The van der Waals surface area contributed by atoms with Crippen molar-refractivity contribution in [3.05, 3.63) is 83.7 Å². The van der Waals surface area contributed by atoms with Gasteiger partial charge in [0, 0.05) is 6.42 Å². The highest BCUT2D eigenvalue weighted by molar-refractivity contribution is 5.69. The first-order chi connectivity index (χ1) is 14.0. The summed E-state index contributed by atoms with van der Waals surface area (Å²) in [5.41, 5.74) is 1.23. The standard InChI is InChI=1S/C17H21F3O2.C7H7F/c1-4-13(10-12(3)22-16(21)5-2)11-14-6-8-15(9-7-14)17(18,19)20;1-6-2-4-7(8)5-3-6/h4,6-9,12-13H,1,5,10-11H2,2-3H3;2-5H,1H3/t12?,13-;/m0./s1. The van der Waals surface area contributed by atoms with Gasteiger partial charge in [-0.15, -0.1) is 6.58 Å². The number of esters is 1. The highest BCUT2D eigenvalue weighted by atomic mass is 19.4. The highest BCUT2D eigenvalue weighted by Crippen LogP contribution is 2.29. The number of alkyl halides is 3. The quantitative estimate of drug-likeness (QED) is 0.274. The molecule has 0 radical (unpaired) electrons. The number of hydrogen-bond acceptors (Lipinski definition) is 2. The molecule has 2 aromatic carbocycles. The molecule has 2 aromatic rings. The summed E-state index contributed by atoms with van der Waals surface area (Å²) in [5, 5.41) is 0. The molecule has 2 atom stereocenters. The summed E-state index contributed by atoms with van der Waals surface area (Å²) in [6.07, 6.45) is -1.34. The number of benzene rings is 2. The zero-order chi connectivity index (χ0) is 22.7. The molecule has 2 nitrogen and oxygen atoms in total. The maximum atomic E-state index is 12.5. The van der Waals surface area contributed by atoms with Gasteiger partial charge in [-0.25, -0.2) is 4.39 Å². The monoisotopic (exact) mass is 424 g/mol. The second-order valence-electron chi connectivity index (χ2n) is 7.08. The zero-order valence-electron chi connectivity index (χ0n) is 17.5. The van der Waals surface area contributed by atoms with Crippen molar-refractivity contribution in [1.82, 2.24) is 0 Å². The zero-order valence-corrected chi connectivity index (χ0v) is 17.5. The van der Waals surface area contributed by atoms with Crippen LogP contribution in [0, 0.1) is 18.7 Å². The van der Waals surface area contributed by atoms with Crippen LogP contribution in [0.25, 0.3) is 0 Å². The number of allylic oxidation sites excluding steroid dienone is 1. The van der Waals surface area contributed by atoms with Crippen LogP contribution in [-0.4, -0.2) is 12.1 Å². The van der Waals surface area contributed by atoms with E-state index in [1.54, 1.807) is 32.1 Å². The molecular formula is C24H28F4O2. The van der Waals surface area contributed by atoms with Gasteiger partial charge in [0.2, 0.25) is 0 Å². The van der Waals surface area contributed by atoms with Crippen LogP contribution in [0.1, 0.15) is 43.4 Å². The molecule has 0 N–H and O–H groups in total. The second-order valence-corrected chi connectivity index (χ2v) is 7.08. The lowest BCUT2D eigenvalue weighted by Crippen LogP contribution is -2.18. The van der Waals surface area contributed by atoms with Crippen LogP contribution in [0.2, 0.25) is 0 Å². The van der Waals surface area contributed by atoms with E-state index in [9.17, 15) is 22.4 Å². The van der Waals surface area contributed by atoms with Crippen LogP contribution in [0.4, 0.5) is 17.6 Å². The van der Waals surface area contributed by atoms with Crippen LogP contribution in [0.3, 0.4) is 0 Å². The van der Waals surface area contributed by atoms with E-state index in [2.05, 4.69) is 6.58 Å². The summed E-state index contributed by atoms with van der Waals surface area (Å²) in [4.78, 5) is 11.2. The van der Waals surface area contributed by atoms with E-state index in [0.29, 0.717) is 19.3 Å². The normalized spacial score (nSPS) is 12.9. The molecule has 0 saturated carbocycles. The molecule has 2 rings (SSSR count). The van der Waals surface area contributed by atoms with Gasteiger partial charge < -0.3 is 4.74 Å². The number of halogens is 4. The Morgan fingerprint density at radius 2 is 1.67 bits per heavy atom. The van der Waals surface area contributed by atoms with Gasteiger partial charge in [-0.05, 0) is 62.4 Å². The smallest absolute Gasteiger partial charge is 0.416 e. The van der Waals surface area contributed by atoms with Crippen molar-refractivity contribution >= 4 is 5.97 Å². The summed E-state index contributed by atoms with van der Waals surface area (Å²) >= 11 is 0. The van der Waals surface area contributed by atoms with Crippen LogP contribution >= 0.6 is 0 Å². The van der Waals surface area contributed by atoms with E-state index in [0.717, 1.165) is 23.3 Å². The number of ether oxygens (including phenoxy) is 1. The number of aryl methyl sites for hydroxylation is 1. The molecule has 0 aliphatic rings. The summed E-state index contributed by atoms with van der Waals surface area (Å²) in [5.74, 6) is -0.392. The van der Waals surface area contributed by atoms with E-state index < -0.39 is 11.7 Å². The third-order valence-electron chi connectivity index (χ3n) is 4.38. The first kappa shape index (κ1) is 25.4. The first-order valence-corrected chi connectivity index (χ1v) is 9.75. The van der Waals surface area contributed by atoms with E-state index in [1.807, 2.05) is 6.92 Å². The lowest BCUT2D eigenvalue weighted by atomic mass is 9.93. The molecule has 0 aromatic heterocycles. The van der Waals surface area contributed by atoms with Gasteiger partial charge in [-0.3, -0.25) is 4.79 Å². The summed E-state index contributed by atoms with van der Waals surface area (Å²) in [6.45, 7) is 9.20. The largest absolute Gasteiger partial charge is 0.463 e. The fourth-order valence-corrected chi connectivity index (χ4v) is 2.71. The number of carbonyl (C=O) groups is 1. The van der Waals surface area contributed by atoms with Crippen LogP contribution in [-0.2, 0) is 22.1 Å². The van der Waals surface area contributed by atoms with Crippen molar-refractivity contribution in [3.8, 4) is 0 Å². The van der Waals surface area contributed by atoms with Crippen LogP contribution < -0.4 is 0 Å². The van der Waals surface area contributed by atoms with Gasteiger partial charge in [0.1, 0.15) is 5.82 Å². The lowest BCUT2D eigenvalue weighted by Gasteiger charge is -2.18. The number of carbonyl (C=O) groups excluding carboxylic acids is 1. The molecule has 0 amide bonds. The average Bonchev–Trinajstić information content (AvgIpc) is 2.69. The molecule has 0 bridgehead atoms. The van der Waals surface area contributed by atoms with Crippen molar-refractivity contribution in [2.24, 2.45) is 5.92 Å². The Hall–Kier alpha value is -2.63. The fraction of sp³-hybridized carbons (Fsp3) is 0.375. The lowest BCUT2D eigenvalue weighted by molar-refractivity contribution is -0.148. The predicted molar refractivity (Wildman–Crippen MR) is 110 cm³/mol. The van der Waals surface area contributed by atoms with Gasteiger partial charge in [-0.1, -0.05) is 42.8 Å². The third-order valence-corrected chi connectivity index (χ3v) is 4.38.